The third-order valence-corrected chi connectivity index (χ3v) is 4.07. The number of Topliss-reactive ketones (excluding diaryl/α,β-unsaturated/α-hetero) is 1. The Labute approximate surface area is 103 Å². The van der Waals surface area contributed by atoms with Crippen LogP contribution in [0.25, 0.3) is 0 Å². The molecule has 1 aliphatic rings. The Morgan fingerprint density at radius 2 is 2.38 bits per heavy atom. The first-order valence-electron chi connectivity index (χ1n) is 5.07. The molecule has 16 heavy (non-hydrogen) atoms. The summed E-state index contributed by atoms with van der Waals surface area (Å²) in [5.74, 6) is -0.222. The van der Waals surface area contributed by atoms with Crippen LogP contribution in [0.5, 0.6) is 0 Å². The van der Waals surface area contributed by atoms with E-state index < -0.39 is 6.04 Å². The SMILES string of the molecule is CC(=O)N1CCc2sccc2C1C(=O)CCl. The van der Waals surface area contributed by atoms with Crippen molar-refractivity contribution in [2.75, 3.05) is 12.4 Å². The molecular formula is C11H12ClNO2S. The lowest BCUT2D eigenvalue weighted by molar-refractivity contribution is -0.137. The second kappa shape index (κ2) is 4.55. The van der Waals surface area contributed by atoms with Gasteiger partial charge >= 0.3 is 0 Å². The van der Waals surface area contributed by atoms with Crippen molar-refractivity contribution in [3.63, 3.8) is 0 Å². The molecule has 0 aliphatic carbocycles. The number of alkyl halides is 1. The Morgan fingerprint density at radius 3 is 3.00 bits per heavy atom. The minimum Gasteiger partial charge on any atom is -0.328 e. The normalized spacial score (nSPS) is 19.4. The maximum absolute atomic E-state index is 11.8. The lowest BCUT2D eigenvalue weighted by atomic mass is 9.97. The number of fused-ring (bicyclic) bond motifs is 1. The molecule has 86 valence electrons. The van der Waals surface area contributed by atoms with E-state index in [0.717, 1.165) is 12.0 Å². The smallest absolute Gasteiger partial charge is 0.220 e. The fraction of sp³-hybridized carbons (Fsp3) is 0.455. The first-order valence-corrected chi connectivity index (χ1v) is 6.48. The molecule has 0 fully saturated rings. The minimum absolute atomic E-state index is 0.0519. The van der Waals surface area contributed by atoms with E-state index in [2.05, 4.69) is 0 Å². The van der Waals surface area contributed by atoms with Gasteiger partial charge in [0.2, 0.25) is 5.91 Å². The Balaban J connectivity index is 2.41. The average Bonchev–Trinajstić information content (AvgIpc) is 2.74. The molecule has 1 unspecified atom stereocenters. The van der Waals surface area contributed by atoms with Crippen LogP contribution < -0.4 is 0 Å². The Kier molecular flexibility index (Phi) is 3.30. The van der Waals surface area contributed by atoms with Gasteiger partial charge in [-0.25, -0.2) is 0 Å². The van der Waals surface area contributed by atoms with Gasteiger partial charge in [0.05, 0.1) is 5.88 Å². The minimum atomic E-state index is -0.468. The molecule has 0 saturated heterocycles. The predicted molar refractivity (Wildman–Crippen MR) is 63.9 cm³/mol. The van der Waals surface area contributed by atoms with Crippen LogP contribution in [0.15, 0.2) is 11.4 Å². The van der Waals surface area contributed by atoms with Gasteiger partial charge in [-0.15, -0.1) is 22.9 Å². The number of thiophene rings is 1. The summed E-state index contributed by atoms with van der Waals surface area (Å²) in [4.78, 5) is 26.1. The summed E-state index contributed by atoms with van der Waals surface area (Å²) in [6.07, 6.45) is 0.832. The number of carbonyl (C=O) groups excluding carboxylic acids is 2. The molecule has 0 radical (unpaired) electrons. The highest BCUT2D eigenvalue weighted by Crippen LogP contribution is 2.34. The number of carbonyl (C=O) groups is 2. The fourth-order valence-corrected chi connectivity index (χ4v) is 3.13. The first-order chi connectivity index (χ1) is 7.65. The van der Waals surface area contributed by atoms with E-state index in [-0.39, 0.29) is 17.6 Å². The summed E-state index contributed by atoms with van der Waals surface area (Å²) in [7, 11) is 0. The van der Waals surface area contributed by atoms with Gasteiger partial charge in [0, 0.05) is 18.3 Å². The highest BCUT2D eigenvalue weighted by Gasteiger charge is 2.34. The Hall–Kier alpha value is -0.870. The van der Waals surface area contributed by atoms with Gasteiger partial charge in [-0.1, -0.05) is 0 Å². The number of hydrogen-bond donors (Lipinski definition) is 0. The monoisotopic (exact) mass is 257 g/mol. The Morgan fingerprint density at radius 1 is 1.62 bits per heavy atom. The summed E-state index contributed by atoms with van der Waals surface area (Å²) in [6, 6.07) is 1.45. The van der Waals surface area contributed by atoms with E-state index >= 15 is 0 Å². The molecule has 3 nitrogen and oxygen atoms in total. The predicted octanol–water partition coefficient (Wildman–Crippen LogP) is 2.00. The fourth-order valence-electron chi connectivity index (χ4n) is 2.08. The third kappa shape index (κ3) is 1.87. The Bertz CT molecular complexity index is 429. The molecule has 1 amide bonds. The molecule has 2 heterocycles. The highest BCUT2D eigenvalue weighted by atomic mass is 35.5. The molecule has 1 atom stereocenters. The van der Waals surface area contributed by atoms with Crippen LogP contribution >= 0.6 is 22.9 Å². The summed E-state index contributed by atoms with van der Waals surface area (Å²) in [6.45, 7) is 2.10. The maximum atomic E-state index is 11.8. The zero-order chi connectivity index (χ0) is 11.7. The van der Waals surface area contributed by atoms with Crippen molar-refractivity contribution in [3.05, 3.63) is 21.9 Å². The van der Waals surface area contributed by atoms with Crippen LogP contribution in [0.4, 0.5) is 0 Å². The van der Waals surface area contributed by atoms with E-state index in [4.69, 9.17) is 11.6 Å². The molecular weight excluding hydrogens is 246 g/mol. The van der Waals surface area contributed by atoms with E-state index in [9.17, 15) is 9.59 Å². The molecule has 1 aromatic rings. The van der Waals surface area contributed by atoms with Gasteiger partial charge in [0.1, 0.15) is 6.04 Å². The number of hydrogen-bond acceptors (Lipinski definition) is 3. The van der Waals surface area contributed by atoms with Crippen LogP contribution in [-0.4, -0.2) is 29.0 Å². The van der Waals surface area contributed by atoms with Gasteiger partial charge in [0.25, 0.3) is 0 Å². The quantitative estimate of drug-likeness (QED) is 0.760. The lowest BCUT2D eigenvalue weighted by Gasteiger charge is -2.33. The van der Waals surface area contributed by atoms with Crippen molar-refractivity contribution in [1.82, 2.24) is 4.90 Å². The van der Waals surface area contributed by atoms with Crippen molar-refractivity contribution < 1.29 is 9.59 Å². The van der Waals surface area contributed by atoms with E-state index in [1.54, 1.807) is 16.2 Å². The van der Waals surface area contributed by atoms with Crippen LogP contribution in [0.3, 0.4) is 0 Å². The summed E-state index contributed by atoms with van der Waals surface area (Å²) in [5.41, 5.74) is 0.956. The van der Waals surface area contributed by atoms with Crippen LogP contribution in [-0.2, 0) is 16.0 Å². The summed E-state index contributed by atoms with van der Waals surface area (Å²) < 4.78 is 0. The molecule has 0 bridgehead atoms. The molecule has 2 rings (SSSR count). The molecule has 0 N–H and O–H groups in total. The van der Waals surface area contributed by atoms with Crippen LogP contribution in [0.1, 0.15) is 23.4 Å². The molecule has 5 heteroatoms. The van der Waals surface area contributed by atoms with E-state index in [1.165, 1.54) is 11.8 Å². The van der Waals surface area contributed by atoms with Gasteiger partial charge in [-0.2, -0.15) is 0 Å². The highest BCUT2D eigenvalue weighted by molar-refractivity contribution is 7.10. The van der Waals surface area contributed by atoms with Gasteiger partial charge < -0.3 is 4.90 Å². The van der Waals surface area contributed by atoms with E-state index in [1.807, 2.05) is 11.4 Å². The number of halogens is 1. The topological polar surface area (TPSA) is 37.4 Å². The number of amides is 1. The lowest BCUT2D eigenvalue weighted by Crippen LogP contribution is -2.42. The second-order valence-corrected chi connectivity index (χ2v) is 5.03. The van der Waals surface area contributed by atoms with Crippen molar-refractivity contribution in [1.29, 1.82) is 0 Å². The van der Waals surface area contributed by atoms with Crippen LogP contribution in [0.2, 0.25) is 0 Å². The number of rotatable bonds is 2. The zero-order valence-corrected chi connectivity index (χ0v) is 10.5. The standard InChI is InChI=1S/C11H12ClNO2S/c1-7(14)13-4-2-10-8(3-5-16-10)11(13)9(15)6-12/h3,5,11H,2,4,6H2,1H3. The number of ketones is 1. The van der Waals surface area contributed by atoms with Crippen molar-refractivity contribution in [3.8, 4) is 0 Å². The maximum Gasteiger partial charge on any atom is 0.220 e. The van der Waals surface area contributed by atoms with Crippen molar-refractivity contribution in [2.24, 2.45) is 0 Å². The third-order valence-electron chi connectivity index (χ3n) is 2.81. The molecule has 0 spiro atoms. The molecule has 1 aliphatic heterocycles. The summed E-state index contributed by atoms with van der Waals surface area (Å²) in [5, 5.41) is 1.96. The second-order valence-electron chi connectivity index (χ2n) is 3.76. The summed E-state index contributed by atoms with van der Waals surface area (Å²) >= 11 is 7.24. The van der Waals surface area contributed by atoms with Gasteiger partial charge in [-0.05, 0) is 23.4 Å². The van der Waals surface area contributed by atoms with Crippen LogP contribution in [0, 0.1) is 0 Å². The largest absolute Gasteiger partial charge is 0.328 e. The molecule has 0 saturated carbocycles. The van der Waals surface area contributed by atoms with Crippen molar-refractivity contribution in [2.45, 2.75) is 19.4 Å². The zero-order valence-electron chi connectivity index (χ0n) is 8.90. The van der Waals surface area contributed by atoms with E-state index in [0.29, 0.717) is 6.54 Å². The van der Waals surface area contributed by atoms with Crippen molar-refractivity contribution >= 4 is 34.6 Å². The average molecular weight is 258 g/mol. The molecule has 1 aromatic heterocycles. The van der Waals surface area contributed by atoms with Gasteiger partial charge in [0.15, 0.2) is 5.78 Å². The number of nitrogens with zero attached hydrogens (tertiary/aromatic N) is 1. The molecule has 0 aromatic carbocycles. The van der Waals surface area contributed by atoms with Gasteiger partial charge in [-0.3, -0.25) is 9.59 Å². The first kappa shape index (κ1) is 11.6.